The summed E-state index contributed by atoms with van der Waals surface area (Å²) in [4.78, 5) is 36.3. The Balaban J connectivity index is 1.35. The second-order valence-electron chi connectivity index (χ2n) is 7.08. The van der Waals surface area contributed by atoms with E-state index in [0.29, 0.717) is 30.3 Å². The van der Waals surface area contributed by atoms with E-state index in [9.17, 15) is 9.59 Å². The van der Waals surface area contributed by atoms with Crippen LogP contribution in [0.5, 0.6) is 0 Å². The number of pyridine rings is 1. The Morgan fingerprint density at radius 1 is 1.00 bits per heavy atom. The van der Waals surface area contributed by atoms with Crippen molar-refractivity contribution in [2.75, 3.05) is 37.8 Å². The molecule has 1 aromatic carbocycles. The van der Waals surface area contributed by atoms with E-state index in [0.717, 1.165) is 25.3 Å². The Bertz CT molecular complexity index is 810. The molecule has 0 spiro atoms. The predicted molar refractivity (Wildman–Crippen MR) is 110 cm³/mol. The molecule has 7 heteroatoms. The molecule has 1 aromatic heterocycles. The molecule has 2 amide bonds. The molecule has 0 saturated carbocycles. The summed E-state index contributed by atoms with van der Waals surface area (Å²) in [5.74, 6) is 1.26. The standard InChI is InChI=1S/C21H24N4O2S/c26-20(17-6-2-1-3-7-17)25-16-28-15-19(25)21(27)24-12-10-23(11-13-24)14-18-8-4-5-9-22-18/h1-9,19H,10-16H2/t19-/m1/s1. The van der Waals surface area contributed by atoms with Crippen LogP contribution in [-0.4, -0.2) is 75.3 Å². The molecule has 2 aliphatic rings. The average Bonchev–Trinajstić information content (AvgIpc) is 3.24. The lowest BCUT2D eigenvalue weighted by Crippen LogP contribution is -2.54. The van der Waals surface area contributed by atoms with Gasteiger partial charge in [0.25, 0.3) is 5.91 Å². The highest BCUT2D eigenvalue weighted by atomic mass is 32.2. The average molecular weight is 397 g/mol. The first-order valence-electron chi connectivity index (χ1n) is 9.57. The number of hydrogen-bond donors (Lipinski definition) is 0. The van der Waals surface area contributed by atoms with Gasteiger partial charge in [0.1, 0.15) is 6.04 Å². The summed E-state index contributed by atoms with van der Waals surface area (Å²) < 4.78 is 0. The molecule has 2 aliphatic heterocycles. The topological polar surface area (TPSA) is 56.8 Å². The maximum atomic E-state index is 13.1. The SMILES string of the molecule is O=C([C@H]1CSCN1C(=O)c1ccccc1)N1CCN(Cc2ccccn2)CC1. The van der Waals surface area contributed by atoms with Crippen molar-refractivity contribution in [2.24, 2.45) is 0 Å². The fraction of sp³-hybridized carbons (Fsp3) is 0.381. The van der Waals surface area contributed by atoms with Crippen molar-refractivity contribution in [3.05, 3.63) is 66.0 Å². The van der Waals surface area contributed by atoms with Crippen LogP contribution in [0.3, 0.4) is 0 Å². The molecule has 0 unspecified atom stereocenters. The number of rotatable bonds is 4. The van der Waals surface area contributed by atoms with Crippen LogP contribution in [0.1, 0.15) is 16.1 Å². The zero-order valence-corrected chi connectivity index (χ0v) is 16.6. The van der Waals surface area contributed by atoms with Crippen molar-refractivity contribution in [2.45, 2.75) is 12.6 Å². The molecular formula is C21H24N4O2S. The summed E-state index contributed by atoms with van der Waals surface area (Å²) in [6.45, 7) is 3.85. The van der Waals surface area contributed by atoms with Gasteiger partial charge in [-0.25, -0.2) is 0 Å². The zero-order valence-electron chi connectivity index (χ0n) is 15.7. The number of thioether (sulfide) groups is 1. The van der Waals surface area contributed by atoms with E-state index in [1.165, 1.54) is 0 Å². The highest BCUT2D eigenvalue weighted by Gasteiger charge is 2.38. The molecule has 2 saturated heterocycles. The molecule has 28 heavy (non-hydrogen) atoms. The van der Waals surface area contributed by atoms with Crippen molar-refractivity contribution in [3.63, 3.8) is 0 Å². The number of hydrogen-bond acceptors (Lipinski definition) is 5. The van der Waals surface area contributed by atoms with Crippen molar-refractivity contribution >= 4 is 23.6 Å². The number of amides is 2. The van der Waals surface area contributed by atoms with Gasteiger partial charge in [-0.2, -0.15) is 0 Å². The third kappa shape index (κ3) is 4.20. The van der Waals surface area contributed by atoms with Crippen LogP contribution in [0.2, 0.25) is 0 Å². The Kier molecular flexibility index (Phi) is 5.92. The van der Waals surface area contributed by atoms with Gasteiger partial charge in [0.15, 0.2) is 0 Å². The molecule has 2 aromatic rings. The van der Waals surface area contributed by atoms with Gasteiger partial charge in [-0.1, -0.05) is 24.3 Å². The number of aromatic nitrogens is 1. The fourth-order valence-electron chi connectivity index (χ4n) is 3.65. The van der Waals surface area contributed by atoms with Crippen molar-refractivity contribution in [1.82, 2.24) is 19.7 Å². The van der Waals surface area contributed by atoms with Gasteiger partial charge in [0.2, 0.25) is 5.91 Å². The first-order chi connectivity index (χ1) is 13.7. The van der Waals surface area contributed by atoms with Crippen molar-refractivity contribution in [1.29, 1.82) is 0 Å². The third-order valence-electron chi connectivity index (χ3n) is 5.24. The Labute approximate surface area is 169 Å². The smallest absolute Gasteiger partial charge is 0.255 e. The fourth-order valence-corrected chi connectivity index (χ4v) is 4.80. The molecule has 0 radical (unpaired) electrons. The quantitative estimate of drug-likeness (QED) is 0.791. The van der Waals surface area contributed by atoms with Crippen LogP contribution < -0.4 is 0 Å². The first kappa shape index (κ1) is 19.0. The summed E-state index contributed by atoms with van der Waals surface area (Å²) in [6.07, 6.45) is 1.81. The van der Waals surface area contributed by atoms with E-state index in [1.807, 2.05) is 59.6 Å². The number of piperazine rings is 1. The largest absolute Gasteiger partial charge is 0.338 e. The monoisotopic (exact) mass is 396 g/mol. The Morgan fingerprint density at radius 3 is 2.46 bits per heavy atom. The number of carbonyl (C=O) groups excluding carboxylic acids is 2. The molecule has 0 N–H and O–H groups in total. The van der Waals surface area contributed by atoms with Crippen molar-refractivity contribution in [3.8, 4) is 0 Å². The van der Waals surface area contributed by atoms with Gasteiger partial charge in [-0.05, 0) is 24.3 Å². The first-order valence-corrected chi connectivity index (χ1v) is 10.7. The molecular weight excluding hydrogens is 372 g/mol. The Hall–Kier alpha value is -2.38. The lowest BCUT2D eigenvalue weighted by molar-refractivity contribution is -0.136. The minimum atomic E-state index is -0.361. The third-order valence-corrected chi connectivity index (χ3v) is 6.26. The van der Waals surface area contributed by atoms with E-state index in [-0.39, 0.29) is 17.9 Å². The zero-order chi connectivity index (χ0) is 19.3. The predicted octanol–water partition coefficient (Wildman–Crippen LogP) is 1.94. The summed E-state index contributed by atoms with van der Waals surface area (Å²) in [7, 11) is 0. The number of carbonyl (C=O) groups is 2. The van der Waals surface area contributed by atoms with Gasteiger partial charge >= 0.3 is 0 Å². The van der Waals surface area contributed by atoms with Gasteiger partial charge < -0.3 is 9.80 Å². The van der Waals surface area contributed by atoms with Gasteiger partial charge in [0, 0.05) is 50.2 Å². The van der Waals surface area contributed by atoms with Gasteiger partial charge in [-0.3, -0.25) is 19.5 Å². The summed E-state index contributed by atoms with van der Waals surface area (Å²) in [5, 5.41) is 0. The molecule has 2 fully saturated rings. The summed E-state index contributed by atoms with van der Waals surface area (Å²) in [6, 6.07) is 14.8. The molecule has 1 atom stereocenters. The molecule has 3 heterocycles. The summed E-state index contributed by atoms with van der Waals surface area (Å²) in [5.41, 5.74) is 1.69. The van der Waals surface area contributed by atoms with Crippen LogP contribution in [0, 0.1) is 0 Å². The van der Waals surface area contributed by atoms with E-state index in [4.69, 9.17) is 0 Å². The maximum absolute atomic E-state index is 13.1. The van der Waals surface area contributed by atoms with Crippen molar-refractivity contribution < 1.29 is 9.59 Å². The lowest BCUT2D eigenvalue weighted by Gasteiger charge is -2.37. The van der Waals surface area contributed by atoms with Crippen LogP contribution in [0.4, 0.5) is 0 Å². The number of nitrogens with zero attached hydrogens (tertiary/aromatic N) is 4. The molecule has 0 aliphatic carbocycles. The number of benzene rings is 1. The van der Waals surface area contributed by atoms with Gasteiger partial charge in [-0.15, -0.1) is 11.8 Å². The molecule has 146 valence electrons. The molecule has 4 rings (SSSR count). The minimum absolute atomic E-state index is 0.0577. The normalized spacial score (nSPS) is 20.4. The van der Waals surface area contributed by atoms with E-state index < -0.39 is 0 Å². The van der Waals surface area contributed by atoms with E-state index in [1.54, 1.807) is 16.7 Å². The van der Waals surface area contributed by atoms with E-state index in [2.05, 4.69) is 9.88 Å². The second-order valence-corrected chi connectivity index (χ2v) is 8.08. The van der Waals surface area contributed by atoms with Crippen LogP contribution in [0.15, 0.2) is 54.7 Å². The van der Waals surface area contributed by atoms with Gasteiger partial charge in [0.05, 0.1) is 11.6 Å². The van der Waals surface area contributed by atoms with Crippen LogP contribution in [-0.2, 0) is 11.3 Å². The van der Waals surface area contributed by atoms with Crippen LogP contribution in [0.25, 0.3) is 0 Å². The second kappa shape index (κ2) is 8.75. The highest BCUT2D eigenvalue weighted by molar-refractivity contribution is 7.99. The highest BCUT2D eigenvalue weighted by Crippen LogP contribution is 2.25. The van der Waals surface area contributed by atoms with Crippen LogP contribution >= 0.6 is 11.8 Å². The maximum Gasteiger partial charge on any atom is 0.255 e. The molecule has 6 nitrogen and oxygen atoms in total. The minimum Gasteiger partial charge on any atom is -0.338 e. The van der Waals surface area contributed by atoms with E-state index >= 15 is 0 Å². The summed E-state index contributed by atoms with van der Waals surface area (Å²) >= 11 is 1.65. The lowest BCUT2D eigenvalue weighted by atomic mass is 10.1. The molecule has 0 bridgehead atoms. The Morgan fingerprint density at radius 2 is 1.75 bits per heavy atom.